The van der Waals surface area contributed by atoms with Crippen molar-refractivity contribution in [1.29, 1.82) is 0 Å². The van der Waals surface area contributed by atoms with Gasteiger partial charge in [-0.1, -0.05) is 13.8 Å². The third kappa shape index (κ3) is 2.39. The summed E-state index contributed by atoms with van der Waals surface area (Å²) in [5, 5.41) is 9.61. The second-order valence-corrected chi connectivity index (χ2v) is 5.46. The van der Waals surface area contributed by atoms with Crippen molar-refractivity contribution >= 4 is 11.3 Å². The Morgan fingerprint density at radius 3 is 2.68 bits per heavy atom. The molecule has 7 nitrogen and oxygen atoms in total. The van der Waals surface area contributed by atoms with Crippen LogP contribution in [0.2, 0.25) is 0 Å². The van der Waals surface area contributed by atoms with Crippen LogP contribution in [0.3, 0.4) is 0 Å². The van der Waals surface area contributed by atoms with Gasteiger partial charge in [0.2, 0.25) is 0 Å². The minimum atomic E-state index is -0.344. The third-order valence-corrected chi connectivity index (χ3v) is 3.69. The summed E-state index contributed by atoms with van der Waals surface area (Å²) in [7, 11) is 0. The molecule has 7 heteroatoms. The molecule has 0 fully saturated rings. The van der Waals surface area contributed by atoms with Gasteiger partial charge in [-0.2, -0.15) is 0 Å². The third-order valence-electron chi connectivity index (χ3n) is 3.69. The summed E-state index contributed by atoms with van der Waals surface area (Å²) in [5.74, 6) is 0.0908. The molecular formula is C15H17N5O2. The predicted octanol–water partition coefficient (Wildman–Crippen LogP) is 1.37. The molecule has 114 valence electrons. The second kappa shape index (κ2) is 5.69. The number of hydrogen-bond acceptors (Lipinski definition) is 5. The molecule has 0 spiro atoms. The minimum Gasteiger partial charge on any atom is -0.394 e. The Hall–Kier alpha value is -2.54. The normalized spacial score (nSPS) is 12.9. The lowest BCUT2D eigenvalue weighted by Crippen LogP contribution is -2.28. The number of H-pyrrole nitrogens is 1. The number of nitrogens with one attached hydrogen (secondary N) is 1. The number of aliphatic hydroxyl groups is 1. The molecular weight excluding hydrogens is 282 g/mol. The van der Waals surface area contributed by atoms with E-state index in [2.05, 4.69) is 19.9 Å². The zero-order valence-electron chi connectivity index (χ0n) is 12.4. The van der Waals surface area contributed by atoms with Gasteiger partial charge in [-0.15, -0.1) is 0 Å². The number of aliphatic hydroxyl groups excluding tert-OH is 1. The Kier molecular flexibility index (Phi) is 3.72. The molecule has 0 aromatic carbocycles. The van der Waals surface area contributed by atoms with Crippen molar-refractivity contribution in [1.82, 2.24) is 24.5 Å². The number of pyridine rings is 1. The molecule has 0 aliphatic carbocycles. The van der Waals surface area contributed by atoms with Crippen molar-refractivity contribution in [3.63, 3.8) is 0 Å². The van der Waals surface area contributed by atoms with Crippen LogP contribution in [0.1, 0.15) is 19.9 Å². The van der Waals surface area contributed by atoms with Crippen molar-refractivity contribution in [3.05, 3.63) is 41.2 Å². The van der Waals surface area contributed by atoms with Gasteiger partial charge in [-0.25, -0.2) is 14.8 Å². The van der Waals surface area contributed by atoms with E-state index in [1.54, 1.807) is 18.6 Å². The molecule has 1 atom stereocenters. The standard InChI is InChI=1S/C15H17N5O2/c1-9(2)12(8-21)20-14-13(19-15(20)22)17-7-11(18-14)10-3-5-16-6-4-10/h3-7,9,12,21H,8H2,1-2H3,(H,17,19,22)/t12-/m1/s1. The van der Waals surface area contributed by atoms with Crippen molar-refractivity contribution < 1.29 is 5.11 Å². The molecule has 0 saturated carbocycles. The van der Waals surface area contributed by atoms with Gasteiger partial charge in [0.1, 0.15) is 0 Å². The van der Waals surface area contributed by atoms with Crippen LogP contribution in [0.15, 0.2) is 35.5 Å². The predicted molar refractivity (Wildman–Crippen MR) is 82.3 cm³/mol. The van der Waals surface area contributed by atoms with Crippen LogP contribution in [-0.4, -0.2) is 36.2 Å². The molecule has 0 amide bonds. The Morgan fingerprint density at radius 2 is 2.05 bits per heavy atom. The molecule has 3 rings (SSSR count). The van der Waals surface area contributed by atoms with E-state index in [1.165, 1.54) is 4.57 Å². The first-order valence-corrected chi connectivity index (χ1v) is 7.10. The lowest BCUT2D eigenvalue weighted by molar-refractivity contribution is 0.193. The first-order valence-electron chi connectivity index (χ1n) is 7.10. The van der Waals surface area contributed by atoms with Crippen LogP contribution >= 0.6 is 0 Å². The molecule has 0 aliphatic rings. The number of rotatable bonds is 4. The highest BCUT2D eigenvalue weighted by atomic mass is 16.3. The van der Waals surface area contributed by atoms with Crippen molar-refractivity contribution in [2.24, 2.45) is 5.92 Å². The quantitative estimate of drug-likeness (QED) is 0.758. The van der Waals surface area contributed by atoms with Gasteiger partial charge in [0.05, 0.1) is 24.5 Å². The van der Waals surface area contributed by atoms with Gasteiger partial charge in [0.15, 0.2) is 11.3 Å². The van der Waals surface area contributed by atoms with Gasteiger partial charge in [0.25, 0.3) is 0 Å². The lowest BCUT2D eigenvalue weighted by atomic mass is 10.1. The molecule has 0 bridgehead atoms. The summed E-state index contributed by atoms with van der Waals surface area (Å²) in [6.45, 7) is 3.77. The van der Waals surface area contributed by atoms with Gasteiger partial charge >= 0.3 is 5.69 Å². The fourth-order valence-corrected chi connectivity index (χ4v) is 2.45. The van der Waals surface area contributed by atoms with E-state index in [0.717, 1.165) is 5.56 Å². The van der Waals surface area contributed by atoms with Crippen LogP contribution < -0.4 is 5.69 Å². The maximum atomic E-state index is 12.2. The van der Waals surface area contributed by atoms with E-state index >= 15 is 0 Å². The Morgan fingerprint density at radius 1 is 1.32 bits per heavy atom. The number of nitrogens with zero attached hydrogens (tertiary/aromatic N) is 4. The Balaban J connectivity index is 2.21. The highest BCUT2D eigenvalue weighted by molar-refractivity contribution is 5.70. The van der Waals surface area contributed by atoms with Crippen molar-refractivity contribution in [2.45, 2.75) is 19.9 Å². The summed E-state index contributed by atoms with van der Waals surface area (Å²) in [4.78, 5) is 27.7. The minimum absolute atomic E-state index is 0.0908. The van der Waals surface area contributed by atoms with Crippen LogP contribution in [0, 0.1) is 5.92 Å². The smallest absolute Gasteiger partial charge is 0.329 e. The molecule has 3 heterocycles. The maximum absolute atomic E-state index is 12.2. The van der Waals surface area contributed by atoms with Crippen LogP contribution in [-0.2, 0) is 0 Å². The fraction of sp³-hybridized carbons (Fsp3) is 0.333. The maximum Gasteiger partial charge on any atom is 0.329 e. The number of aromatic nitrogens is 5. The SMILES string of the molecule is CC(C)[C@@H](CO)n1c(=O)[nH]c2ncc(-c3ccncc3)nc21. The molecule has 0 aliphatic heterocycles. The fourth-order valence-electron chi connectivity index (χ4n) is 2.45. The monoisotopic (exact) mass is 299 g/mol. The van der Waals surface area contributed by atoms with Crippen molar-refractivity contribution in [3.8, 4) is 11.3 Å². The first-order chi connectivity index (χ1) is 10.6. The largest absolute Gasteiger partial charge is 0.394 e. The highest BCUT2D eigenvalue weighted by Gasteiger charge is 2.21. The van der Waals surface area contributed by atoms with Crippen LogP contribution in [0.4, 0.5) is 0 Å². The van der Waals surface area contributed by atoms with E-state index in [4.69, 9.17) is 0 Å². The summed E-state index contributed by atoms with van der Waals surface area (Å²) in [6.07, 6.45) is 4.97. The highest BCUT2D eigenvalue weighted by Crippen LogP contribution is 2.21. The molecule has 3 aromatic heterocycles. The summed E-state index contributed by atoms with van der Waals surface area (Å²) in [5.41, 5.74) is 2.08. The van der Waals surface area contributed by atoms with E-state index in [1.807, 2.05) is 26.0 Å². The van der Waals surface area contributed by atoms with Gasteiger partial charge in [-0.3, -0.25) is 14.5 Å². The molecule has 0 radical (unpaired) electrons. The summed E-state index contributed by atoms with van der Waals surface area (Å²) < 4.78 is 1.48. The van der Waals surface area contributed by atoms with Crippen molar-refractivity contribution in [2.75, 3.05) is 6.61 Å². The summed E-state index contributed by atoms with van der Waals surface area (Å²) in [6, 6.07) is 3.32. The Bertz CT molecular complexity index is 838. The molecule has 2 N–H and O–H groups in total. The van der Waals surface area contributed by atoms with E-state index in [9.17, 15) is 9.90 Å². The summed E-state index contributed by atoms with van der Waals surface area (Å²) >= 11 is 0. The number of hydrogen-bond donors (Lipinski definition) is 2. The zero-order valence-corrected chi connectivity index (χ0v) is 12.4. The Labute approximate surface area is 126 Å². The van der Waals surface area contributed by atoms with Crippen LogP contribution in [0.25, 0.3) is 22.6 Å². The number of imidazole rings is 1. The number of aromatic amines is 1. The second-order valence-electron chi connectivity index (χ2n) is 5.46. The van der Waals surface area contributed by atoms with Gasteiger partial charge in [-0.05, 0) is 18.1 Å². The molecule has 0 saturated heterocycles. The van der Waals surface area contributed by atoms with Gasteiger partial charge < -0.3 is 5.11 Å². The van der Waals surface area contributed by atoms with E-state index < -0.39 is 0 Å². The molecule has 0 unspecified atom stereocenters. The van der Waals surface area contributed by atoms with E-state index in [0.29, 0.717) is 17.0 Å². The lowest BCUT2D eigenvalue weighted by Gasteiger charge is -2.19. The topological polar surface area (TPSA) is 96.7 Å². The average Bonchev–Trinajstić information content (AvgIpc) is 2.84. The molecule has 3 aromatic rings. The number of fused-ring (bicyclic) bond motifs is 1. The molecule has 22 heavy (non-hydrogen) atoms. The van der Waals surface area contributed by atoms with Gasteiger partial charge in [0, 0.05) is 18.0 Å². The first kappa shape index (κ1) is 14.4. The van der Waals surface area contributed by atoms with E-state index in [-0.39, 0.29) is 24.3 Å². The zero-order chi connectivity index (χ0) is 15.7. The average molecular weight is 299 g/mol. The van der Waals surface area contributed by atoms with Crippen LogP contribution in [0.5, 0.6) is 0 Å².